The minimum atomic E-state index is -0.471. The Labute approximate surface area is 63.6 Å². The normalized spacial score (nSPS) is 19.1. The first kappa shape index (κ1) is 6.09. The van der Waals surface area contributed by atoms with Gasteiger partial charge < -0.3 is 5.73 Å². The minimum Gasteiger partial charge on any atom is -0.364 e. The Bertz CT molecular complexity index is 345. The zero-order valence-corrected chi connectivity index (χ0v) is 5.74. The molecule has 0 aromatic carbocycles. The third-order valence-electron chi connectivity index (χ3n) is 1.61. The summed E-state index contributed by atoms with van der Waals surface area (Å²) in [6.45, 7) is 0. The number of rotatable bonds is 1. The highest BCUT2D eigenvalue weighted by Crippen LogP contribution is 2.20. The summed E-state index contributed by atoms with van der Waals surface area (Å²) in [5.41, 5.74) is 7.18. The van der Waals surface area contributed by atoms with Gasteiger partial charge in [-0.1, -0.05) is 12.2 Å². The molecule has 0 atom stereocenters. The van der Waals surface area contributed by atoms with Crippen LogP contribution < -0.4 is 5.73 Å². The Hall–Kier alpha value is -1.64. The zero-order chi connectivity index (χ0) is 7.84. The Morgan fingerprint density at radius 2 is 2.36 bits per heavy atom. The first-order valence-corrected chi connectivity index (χ1v) is 3.26. The van der Waals surface area contributed by atoms with E-state index in [0.29, 0.717) is 5.70 Å². The second-order valence-corrected chi connectivity index (χ2v) is 2.37. The maximum atomic E-state index is 10.6. The van der Waals surface area contributed by atoms with Gasteiger partial charge in [0.25, 0.3) is 5.91 Å². The lowest BCUT2D eigenvalue weighted by Crippen LogP contribution is -2.11. The van der Waals surface area contributed by atoms with Gasteiger partial charge in [0.05, 0.1) is 5.71 Å². The Morgan fingerprint density at radius 1 is 1.55 bits per heavy atom. The quantitative estimate of drug-likeness (QED) is 0.568. The molecule has 0 saturated heterocycles. The summed E-state index contributed by atoms with van der Waals surface area (Å²) in [7, 11) is 0. The number of nitrogens with zero attached hydrogens (tertiary/aromatic N) is 1. The molecule has 3 nitrogen and oxygen atoms in total. The molecule has 0 aromatic heterocycles. The van der Waals surface area contributed by atoms with E-state index in [1.165, 1.54) is 0 Å². The lowest BCUT2D eigenvalue weighted by Gasteiger charge is -1.86. The maximum absolute atomic E-state index is 10.6. The molecule has 1 amide bonds. The van der Waals surface area contributed by atoms with Crippen LogP contribution in [0.1, 0.15) is 0 Å². The Balaban J connectivity index is 2.41. The van der Waals surface area contributed by atoms with Crippen molar-refractivity contribution in [2.75, 3.05) is 0 Å². The first-order valence-electron chi connectivity index (χ1n) is 3.26. The molecule has 11 heavy (non-hydrogen) atoms. The third-order valence-corrected chi connectivity index (χ3v) is 1.61. The smallest absolute Gasteiger partial charge is 0.267 e. The summed E-state index contributed by atoms with van der Waals surface area (Å²) < 4.78 is 0. The van der Waals surface area contributed by atoms with Gasteiger partial charge in [0.15, 0.2) is 0 Å². The molecular formula is C8H6N2O. The molecule has 2 aliphatic rings. The molecule has 1 aliphatic carbocycles. The molecule has 0 bridgehead atoms. The molecule has 2 N–H and O–H groups in total. The number of fused-ring (bicyclic) bond motifs is 1. The number of carbonyl (C=O) groups excluding carboxylic acids is 1. The second kappa shape index (κ2) is 1.92. The van der Waals surface area contributed by atoms with Crippen molar-refractivity contribution in [3.05, 3.63) is 35.6 Å². The molecule has 0 unspecified atom stereocenters. The molecule has 1 aliphatic heterocycles. The summed E-state index contributed by atoms with van der Waals surface area (Å²) in [5, 5.41) is 0. The lowest BCUT2D eigenvalue weighted by atomic mass is 10.2. The highest BCUT2D eigenvalue weighted by Gasteiger charge is 2.17. The van der Waals surface area contributed by atoms with Crippen molar-refractivity contribution < 1.29 is 4.79 Å². The van der Waals surface area contributed by atoms with Crippen molar-refractivity contribution >= 4 is 11.6 Å². The van der Waals surface area contributed by atoms with Crippen molar-refractivity contribution in [2.24, 2.45) is 10.7 Å². The molecule has 1 heterocycles. The van der Waals surface area contributed by atoms with Crippen molar-refractivity contribution in [1.29, 1.82) is 0 Å². The monoisotopic (exact) mass is 146 g/mol. The van der Waals surface area contributed by atoms with Crippen molar-refractivity contribution in [1.82, 2.24) is 0 Å². The second-order valence-electron chi connectivity index (χ2n) is 2.37. The van der Waals surface area contributed by atoms with Crippen LogP contribution in [0.3, 0.4) is 0 Å². The number of hydrogen-bond donors (Lipinski definition) is 1. The van der Waals surface area contributed by atoms with Crippen LogP contribution in [0.15, 0.2) is 40.6 Å². The minimum absolute atomic E-state index is 0.343. The van der Waals surface area contributed by atoms with Crippen LogP contribution in [0, 0.1) is 0 Å². The summed E-state index contributed by atoms with van der Waals surface area (Å²) in [4.78, 5) is 14.6. The van der Waals surface area contributed by atoms with Crippen LogP contribution in [0.2, 0.25) is 0 Å². The molecule has 0 radical (unpaired) electrons. The Kier molecular flexibility index (Phi) is 1.06. The number of nitrogens with two attached hydrogens (primary N) is 1. The fourth-order valence-corrected chi connectivity index (χ4v) is 1.08. The van der Waals surface area contributed by atoms with Crippen molar-refractivity contribution in [3.63, 3.8) is 0 Å². The highest BCUT2D eigenvalue weighted by atomic mass is 16.1. The standard InChI is InChI=1S/C8H6N2O/c9-8(11)7-4-5-2-1-3-6(5)10-7/h1-4H,(H2,9,11). The largest absolute Gasteiger partial charge is 0.364 e. The van der Waals surface area contributed by atoms with E-state index in [1.54, 1.807) is 6.08 Å². The predicted octanol–water partition coefficient (Wildman–Crippen LogP) is 0.306. The summed E-state index contributed by atoms with van der Waals surface area (Å²) in [6.07, 6.45) is 7.33. The van der Waals surface area contributed by atoms with E-state index in [2.05, 4.69) is 4.99 Å². The third kappa shape index (κ3) is 0.816. The van der Waals surface area contributed by atoms with E-state index in [-0.39, 0.29) is 0 Å². The molecule has 54 valence electrons. The van der Waals surface area contributed by atoms with Gasteiger partial charge in [-0.3, -0.25) is 4.79 Å². The fraction of sp³-hybridized carbons (Fsp3) is 0. The van der Waals surface area contributed by atoms with Gasteiger partial charge in [-0.15, -0.1) is 0 Å². The predicted molar refractivity (Wildman–Crippen MR) is 41.9 cm³/mol. The number of primary amides is 1. The molecule has 0 fully saturated rings. The van der Waals surface area contributed by atoms with E-state index in [9.17, 15) is 4.79 Å². The van der Waals surface area contributed by atoms with Crippen LogP contribution in [-0.4, -0.2) is 11.6 Å². The zero-order valence-electron chi connectivity index (χ0n) is 5.74. The van der Waals surface area contributed by atoms with Crippen molar-refractivity contribution in [3.8, 4) is 0 Å². The van der Waals surface area contributed by atoms with Crippen molar-refractivity contribution in [2.45, 2.75) is 0 Å². The topological polar surface area (TPSA) is 55.5 Å². The number of allylic oxidation sites excluding steroid dienone is 5. The number of hydrogen-bond acceptors (Lipinski definition) is 2. The van der Waals surface area contributed by atoms with E-state index >= 15 is 0 Å². The molecular weight excluding hydrogens is 140 g/mol. The summed E-state index contributed by atoms with van der Waals surface area (Å²) in [5.74, 6) is -0.471. The first-order chi connectivity index (χ1) is 5.27. The average molecular weight is 146 g/mol. The van der Waals surface area contributed by atoms with Gasteiger partial charge in [-0.2, -0.15) is 0 Å². The van der Waals surface area contributed by atoms with Crippen LogP contribution in [0.4, 0.5) is 0 Å². The van der Waals surface area contributed by atoms with E-state index in [0.717, 1.165) is 11.3 Å². The van der Waals surface area contributed by atoms with Crippen LogP contribution >= 0.6 is 0 Å². The lowest BCUT2D eigenvalue weighted by molar-refractivity contribution is -0.114. The van der Waals surface area contributed by atoms with Gasteiger partial charge in [0.1, 0.15) is 5.70 Å². The van der Waals surface area contributed by atoms with Gasteiger partial charge in [-0.05, 0) is 12.2 Å². The maximum Gasteiger partial charge on any atom is 0.267 e. The summed E-state index contributed by atoms with van der Waals surface area (Å²) in [6, 6.07) is 0. The molecule has 0 spiro atoms. The Morgan fingerprint density at radius 3 is 3.00 bits per heavy atom. The van der Waals surface area contributed by atoms with Crippen LogP contribution in [0.5, 0.6) is 0 Å². The van der Waals surface area contributed by atoms with E-state index in [1.807, 2.05) is 18.2 Å². The SMILES string of the molecule is NC(=O)C1=CC2=CC=CC2=N1. The number of carbonyl (C=O) groups is 1. The molecule has 0 saturated carbocycles. The highest BCUT2D eigenvalue weighted by molar-refractivity contribution is 6.18. The molecule has 3 heteroatoms. The van der Waals surface area contributed by atoms with Crippen LogP contribution in [-0.2, 0) is 4.79 Å². The van der Waals surface area contributed by atoms with E-state index in [4.69, 9.17) is 5.73 Å². The average Bonchev–Trinajstić information content (AvgIpc) is 2.40. The number of amides is 1. The van der Waals surface area contributed by atoms with E-state index < -0.39 is 5.91 Å². The van der Waals surface area contributed by atoms with Crippen LogP contribution in [0.25, 0.3) is 0 Å². The molecule has 2 rings (SSSR count). The van der Waals surface area contributed by atoms with Gasteiger partial charge in [-0.25, -0.2) is 4.99 Å². The van der Waals surface area contributed by atoms with Gasteiger partial charge in [0.2, 0.25) is 0 Å². The fourth-order valence-electron chi connectivity index (χ4n) is 1.08. The van der Waals surface area contributed by atoms with Gasteiger partial charge >= 0.3 is 0 Å². The molecule has 0 aromatic rings. The number of aliphatic imine (C=N–C) groups is 1. The summed E-state index contributed by atoms with van der Waals surface area (Å²) >= 11 is 0. The van der Waals surface area contributed by atoms with Gasteiger partial charge in [0, 0.05) is 5.57 Å².